The second-order valence-electron chi connectivity index (χ2n) is 4.27. The molecule has 0 aliphatic heterocycles. The highest BCUT2D eigenvalue weighted by Crippen LogP contribution is 2.28. The van der Waals surface area contributed by atoms with Crippen molar-refractivity contribution in [2.75, 3.05) is 5.32 Å². The highest BCUT2D eigenvalue weighted by molar-refractivity contribution is 7.13. The number of nitrogens with one attached hydrogen (secondary N) is 2. The molecule has 0 bridgehead atoms. The summed E-state index contributed by atoms with van der Waals surface area (Å²) >= 11 is 1.18. The van der Waals surface area contributed by atoms with Gasteiger partial charge in [-0.3, -0.25) is 5.32 Å². The Balaban J connectivity index is 2.00. The molecular formula is C10H14N4O3S. The van der Waals surface area contributed by atoms with Crippen LogP contribution in [0.3, 0.4) is 0 Å². The van der Waals surface area contributed by atoms with Gasteiger partial charge in [-0.2, -0.15) is 0 Å². The number of aromatic nitrogens is 2. The fourth-order valence-corrected chi connectivity index (χ4v) is 2.56. The van der Waals surface area contributed by atoms with Gasteiger partial charge in [-0.1, -0.05) is 30.6 Å². The van der Waals surface area contributed by atoms with Gasteiger partial charge in [-0.25, -0.2) is 9.59 Å². The van der Waals surface area contributed by atoms with Crippen molar-refractivity contribution >= 4 is 28.5 Å². The number of hydrogen-bond donors (Lipinski definition) is 3. The Bertz CT molecular complexity index is 428. The Hall–Kier alpha value is -1.70. The van der Waals surface area contributed by atoms with E-state index in [1.165, 1.54) is 16.8 Å². The highest BCUT2D eigenvalue weighted by Gasteiger charge is 2.41. The Morgan fingerprint density at radius 3 is 2.61 bits per heavy atom. The van der Waals surface area contributed by atoms with Crippen molar-refractivity contribution in [1.29, 1.82) is 0 Å². The van der Waals surface area contributed by atoms with E-state index >= 15 is 0 Å². The van der Waals surface area contributed by atoms with E-state index in [9.17, 15) is 14.7 Å². The second-order valence-corrected chi connectivity index (χ2v) is 5.10. The highest BCUT2D eigenvalue weighted by atomic mass is 32.1. The van der Waals surface area contributed by atoms with Crippen LogP contribution in [0.15, 0.2) is 5.51 Å². The van der Waals surface area contributed by atoms with Gasteiger partial charge in [0.25, 0.3) is 0 Å². The zero-order valence-electron chi connectivity index (χ0n) is 9.68. The molecule has 2 rings (SSSR count). The molecule has 1 aromatic rings. The summed E-state index contributed by atoms with van der Waals surface area (Å²) in [5.74, 6) is -0.977. The summed E-state index contributed by atoms with van der Waals surface area (Å²) < 4.78 is 0. The van der Waals surface area contributed by atoms with Crippen LogP contribution in [-0.4, -0.2) is 32.8 Å². The quantitative estimate of drug-likeness (QED) is 0.771. The molecule has 3 N–H and O–H groups in total. The van der Waals surface area contributed by atoms with Gasteiger partial charge in [-0.05, 0) is 12.8 Å². The molecule has 2 amide bonds. The second kappa shape index (κ2) is 5.30. The lowest BCUT2D eigenvalue weighted by Gasteiger charge is -2.33. The molecule has 1 saturated carbocycles. The molecule has 1 aliphatic carbocycles. The molecule has 0 unspecified atom stereocenters. The monoisotopic (exact) mass is 270 g/mol. The van der Waals surface area contributed by atoms with Gasteiger partial charge in [0.05, 0.1) is 0 Å². The number of nitrogens with zero attached hydrogens (tertiary/aromatic N) is 2. The number of aliphatic carboxylic acids is 1. The fourth-order valence-electron chi connectivity index (χ4n) is 2.12. The minimum atomic E-state index is -1.15. The Morgan fingerprint density at radius 1 is 1.33 bits per heavy atom. The summed E-state index contributed by atoms with van der Waals surface area (Å²) in [5.41, 5.74) is 0.343. The Morgan fingerprint density at radius 2 is 2.06 bits per heavy atom. The summed E-state index contributed by atoms with van der Waals surface area (Å²) in [5, 5.41) is 21.9. The number of hydrogen-bond acceptors (Lipinski definition) is 5. The van der Waals surface area contributed by atoms with E-state index in [0.29, 0.717) is 18.0 Å². The Labute approximate surface area is 108 Å². The lowest BCUT2D eigenvalue weighted by atomic mass is 9.82. The maximum atomic E-state index is 11.7. The lowest BCUT2D eigenvalue weighted by Crippen LogP contribution is -2.56. The van der Waals surface area contributed by atoms with Gasteiger partial charge in [-0.15, -0.1) is 10.2 Å². The zero-order valence-corrected chi connectivity index (χ0v) is 10.5. The predicted molar refractivity (Wildman–Crippen MR) is 65.5 cm³/mol. The molecule has 0 spiro atoms. The minimum absolute atomic E-state index is 0.351. The smallest absolute Gasteiger partial charge is 0.329 e. The molecule has 1 fully saturated rings. The lowest BCUT2D eigenvalue weighted by molar-refractivity contribution is -0.145. The molecule has 0 radical (unpaired) electrons. The first kappa shape index (κ1) is 12.7. The van der Waals surface area contributed by atoms with Crippen molar-refractivity contribution in [2.24, 2.45) is 0 Å². The number of carboxylic acid groups (broad SMARTS) is 1. The first-order valence-corrected chi connectivity index (χ1v) is 6.59. The van der Waals surface area contributed by atoms with E-state index in [2.05, 4.69) is 20.8 Å². The number of carbonyl (C=O) groups is 2. The van der Waals surface area contributed by atoms with Crippen LogP contribution in [0.25, 0.3) is 0 Å². The van der Waals surface area contributed by atoms with Crippen LogP contribution in [0.2, 0.25) is 0 Å². The molecule has 1 aliphatic rings. The summed E-state index contributed by atoms with van der Waals surface area (Å²) in [7, 11) is 0. The van der Waals surface area contributed by atoms with Crippen LogP contribution in [0.5, 0.6) is 0 Å². The summed E-state index contributed by atoms with van der Waals surface area (Å²) in [6.07, 6.45) is 3.56. The van der Waals surface area contributed by atoms with Crippen LogP contribution in [0.1, 0.15) is 32.1 Å². The summed E-state index contributed by atoms with van der Waals surface area (Å²) in [6, 6.07) is -0.545. The van der Waals surface area contributed by atoms with Gasteiger partial charge >= 0.3 is 12.0 Å². The van der Waals surface area contributed by atoms with Crippen molar-refractivity contribution in [3.05, 3.63) is 5.51 Å². The van der Waals surface area contributed by atoms with Crippen LogP contribution in [0.4, 0.5) is 9.93 Å². The van der Waals surface area contributed by atoms with E-state index in [4.69, 9.17) is 0 Å². The molecule has 0 atom stereocenters. The van der Waals surface area contributed by atoms with Crippen LogP contribution in [-0.2, 0) is 4.79 Å². The zero-order chi connectivity index (χ0) is 13.0. The first-order valence-electron chi connectivity index (χ1n) is 5.71. The number of rotatable bonds is 3. The number of urea groups is 1. The predicted octanol–water partition coefficient (Wildman–Crippen LogP) is 1.45. The Kier molecular flexibility index (Phi) is 3.75. The van der Waals surface area contributed by atoms with Gasteiger partial charge in [0, 0.05) is 0 Å². The normalized spacial score (nSPS) is 18.0. The minimum Gasteiger partial charge on any atom is -0.480 e. The van der Waals surface area contributed by atoms with E-state index in [0.717, 1.165) is 19.3 Å². The standard InChI is InChI=1S/C10H14N4O3S/c15-7(16)10(4-2-1-3-5-10)13-8(17)12-9-14-11-6-18-9/h6H,1-5H2,(H,15,16)(H2,12,13,14,17). The van der Waals surface area contributed by atoms with E-state index in [1.54, 1.807) is 0 Å². The number of carboxylic acids is 1. The third-order valence-electron chi connectivity index (χ3n) is 3.05. The van der Waals surface area contributed by atoms with Crippen molar-refractivity contribution < 1.29 is 14.7 Å². The van der Waals surface area contributed by atoms with E-state index in [-0.39, 0.29) is 0 Å². The molecule has 0 aromatic carbocycles. The topological polar surface area (TPSA) is 104 Å². The third-order valence-corrected chi connectivity index (χ3v) is 3.66. The molecule has 1 heterocycles. The molecule has 98 valence electrons. The average Bonchev–Trinajstić information content (AvgIpc) is 2.82. The van der Waals surface area contributed by atoms with Gasteiger partial charge in [0.1, 0.15) is 11.0 Å². The van der Waals surface area contributed by atoms with Crippen LogP contribution in [0, 0.1) is 0 Å². The van der Waals surface area contributed by atoms with Crippen LogP contribution < -0.4 is 10.6 Å². The van der Waals surface area contributed by atoms with Crippen molar-refractivity contribution in [3.63, 3.8) is 0 Å². The third kappa shape index (κ3) is 2.76. The van der Waals surface area contributed by atoms with Gasteiger partial charge < -0.3 is 10.4 Å². The van der Waals surface area contributed by atoms with Gasteiger partial charge in [0.15, 0.2) is 0 Å². The van der Waals surface area contributed by atoms with Crippen molar-refractivity contribution in [1.82, 2.24) is 15.5 Å². The van der Waals surface area contributed by atoms with Crippen molar-refractivity contribution in [3.8, 4) is 0 Å². The summed E-state index contributed by atoms with van der Waals surface area (Å²) in [6.45, 7) is 0. The molecule has 8 heteroatoms. The molecule has 7 nitrogen and oxygen atoms in total. The molecule has 0 saturated heterocycles. The maximum absolute atomic E-state index is 11.7. The van der Waals surface area contributed by atoms with E-state index in [1.807, 2.05) is 0 Å². The number of carbonyl (C=O) groups excluding carboxylic acids is 1. The SMILES string of the molecule is O=C(Nc1nncs1)NC1(C(=O)O)CCCCC1. The van der Waals surface area contributed by atoms with Crippen LogP contribution >= 0.6 is 11.3 Å². The molecular weight excluding hydrogens is 256 g/mol. The largest absolute Gasteiger partial charge is 0.480 e. The maximum Gasteiger partial charge on any atom is 0.329 e. The van der Waals surface area contributed by atoms with E-state index < -0.39 is 17.5 Å². The summed E-state index contributed by atoms with van der Waals surface area (Å²) in [4.78, 5) is 23.1. The average molecular weight is 270 g/mol. The number of anilines is 1. The van der Waals surface area contributed by atoms with Gasteiger partial charge in [0.2, 0.25) is 5.13 Å². The molecule has 18 heavy (non-hydrogen) atoms. The van der Waals surface area contributed by atoms with Crippen molar-refractivity contribution in [2.45, 2.75) is 37.6 Å². The fraction of sp³-hybridized carbons (Fsp3) is 0.600. The number of amides is 2. The first-order chi connectivity index (χ1) is 8.62. The molecule has 1 aromatic heterocycles.